The van der Waals surface area contributed by atoms with E-state index in [0.717, 1.165) is 10.9 Å². The van der Waals surface area contributed by atoms with Gasteiger partial charge in [0, 0.05) is 16.6 Å². The van der Waals surface area contributed by atoms with E-state index >= 15 is 0 Å². The molecule has 0 bridgehead atoms. The lowest BCUT2D eigenvalue weighted by Crippen LogP contribution is -2.25. The second-order valence-corrected chi connectivity index (χ2v) is 4.88. The molecule has 0 spiro atoms. The van der Waals surface area contributed by atoms with Gasteiger partial charge in [-0.2, -0.15) is 0 Å². The first-order valence-electron chi connectivity index (χ1n) is 5.68. The summed E-state index contributed by atoms with van der Waals surface area (Å²) in [7, 11) is 0. The van der Waals surface area contributed by atoms with Gasteiger partial charge >= 0.3 is 0 Å². The number of carbonyl (C=O) groups is 1. The maximum Gasteiger partial charge on any atom is 0.254 e. The molecule has 0 aliphatic carbocycles. The number of nitrogens with one attached hydrogen (secondary N) is 2. The van der Waals surface area contributed by atoms with Crippen LogP contribution in [0, 0.1) is 5.82 Å². The molecule has 96 valence electrons. The van der Waals surface area contributed by atoms with Crippen molar-refractivity contribution < 1.29 is 9.18 Å². The van der Waals surface area contributed by atoms with Crippen molar-refractivity contribution in [2.75, 3.05) is 6.54 Å². The summed E-state index contributed by atoms with van der Waals surface area (Å²) in [5.74, 6) is -0.296. The van der Waals surface area contributed by atoms with Gasteiger partial charge in [0.1, 0.15) is 11.9 Å². The molecule has 1 heterocycles. The van der Waals surface area contributed by atoms with E-state index in [1.165, 1.54) is 6.07 Å². The Kier molecular flexibility index (Phi) is 3.96. The van der Waals surface area contributed by atoms with Crippen molar-refractivity contribution in [1.29, 1.82) is 0 Å². The first kappa shape index (κ1) is 13.0. The van der Waals surface area contributed by atoms with Crippen molar-refractivity contribution >= 4 is 27.8 Å². The Morgan fingerprint density at radius 3 is 3.00 bits per heavy atom. The van der Waals surface area contributed by atoms with Crippen LogP contribution in [0.2, 0.25) is 0 Å². The highest BCUT2D eigenvalue weighted by Gasteiger charge is 2.31. The third-order valence-corrected chi connectivity index (χ3v) is 3.04. The van der Waals surface area contributed by atoms with Gasteiger partial charge in [-0.3, -0.25) is 15.1 Å². The van der Waals surface area contributed by atoms with Crippen LogP contribution in [0.5, 0.6) is 0 Å². The maximum atomic E-state index is 13.7. The molecule has 1 saturated heterocycles. The van der Waals surface area contributed by atoms with Gasteiger partial charge in [-0.05, 0) is 24.6 Å². The predicted octanol–water partition coefficient (Wildman–Crippen LogP) is 2.11. The molecule has 2 N–H and O–H groups in total. The summed E-state index contributed by atoms with van der Waals surface area (Å²) in [6.45, 7) is 2.61. The molecule has 1 aromatic rings. The number of halogens is 2. The van der Waals surface area contributed by atoms with Crippen molar-refractivity contribution in [2.24, 2.45) is 4.99 Å². The summed E-state index contributed by atoms with van der Waals surface area (Å²) in [5.41, 5.74) is 0.309. The van der Waals surface area contributed by atoms with Crippen molar-refractivity contribution in [3.05, 3.63) is 34.1 Å². The second-order valence-electron chi connectivity index (χ2n) is 3.96. The Bertz CT molecular complexity index is 504. The Balaban J connectivity index is 2.24. The molecule has 1 amide bonds. The number of amides is 1. The Morgan fingerprint density at radius 2 is 2.28 bits per heavy atom. The molecule has 0 saturated carbocycles. The van der Waals surface area contributed by atoms with Crippen molar-refractivity contribution in [3.63, 3.8) is 0 Å². The van der Waals surface area contributed by atoms with Crippen LogP contribution in [0.15, 0.2) is 27.7 Å². The predicted molar refractivity (Wildman–Crippen MR) is 70.7 cm³/mol. The number of hydrogen-bond acceptors (Lipinski definition) is 2. The van der Waals surface area contributed by atoms with Crippen molar-refractivity contribution in [1.82, 2.24) is 10.6 Å². The Morgan fingerprint density at radius 1 is 1.50 bits per heavy atom. The number of nitrogens with zero attached hydrogens (tertiary/aromatic N) is 1. The first-order valence-corrected chi connectivity index (χ1v) is 6.48. The van der Waals surface area contributed by atoms with Gasteiger partial charge in [0.2, 0.25) is 0 Å². The third-order valence-electron chi connectivity index (χ3n) is 2.55. The maximum absolute atomic E-state index is 13.7. The topological polar surface area (TPSA) is 53.5 Å². The zero-order chi connectivity index (χ0) is 13.1. The molecule has 4 nitrogen and oxygen atoms in total. The van der Waals surface area contributed by atoms with E-state index in [2.05, 4.69) is 31.6 Å². The van der Waals surface area contributed by atoms with Crippen LogP contribution in [-0.4, -0.2) is 18.4 Å². The molecule has 1 unspecified atom stereocenters. The Labute approximate surface area is 113 Å². The highest BCUT2D eigenvalue weighted by molar-refractivity contribution is 9.10. The summed E-state index contributed by atoms with van der Waals surface area (Å²) in [4.78, 5) is 15.9. The summed E-state index contributed by atoms with van der Waals surface area (Å²) < 4.78 is 14.4. The third kappa shape index (κ3) is 2.69. The molecule has 1 fully saturated rings. The molecule has 1 atom stereocenters. The van der Waals surface area contributed by atoms with Crippen LogP contribution in [0.4, 0.5) is 4.39 Å². The van der Waals surface area contributed by atoms with Crippen LogP contribution in [0.1, 0.15) is 24.9 Å². The fourth-order valence-electron chi connectivity index (χ4n) is 1.69. The number of benzene rings is 1. The minimum absolute atomic E-state index is 0.290. The van der Waals surface area contributed by atoms with Crippen LogP contribution >= 0.6 is 15.9 Å². The van der Waals surface area contributed by atoms with E-state index in [1.807, 2.05) is 6.92 Å². The highest BCUT2D eigenvalue weighted by Crippen LogP contribution is 2.23. The summed E-state index contributed by atoms with van der Waals surface area (Å²) in [6.07, 6.45) is 0.886. The normalized spacial score (nSPS) is 20.9. The van der Waals surface area contributed by atoms with Gasteiger partial charge in [0.15, 0.2) is 5.96 Å². The molecule has 1 aliphatic heterocycles. The van der Waals surface area contributed by atoms with Crippen LogP contribution < -0.4 is 10.6 Å². The molecule has 6 heteroatoms. The largest absolute Gasteiger partial charge is 0.340 e. The minimum atomic E-state index is -0.724. The monoisotopic (exact) mass is 313 g/mol. The molecule has 0 radical (unpaired) electrons. The molecule has 1 aromatic carbocycles. The van der Waals surface area contributed by atoms with Crippen molar-refractivity contribution in [2.45, 2.75) is 19.4 Å². The molecular weight excluding hydrogens is 301 g/mol. The molecular formula is C12H13BrFN3O. The average molecular weight is 314 g/mol. The standard InChI is InChI=1S/C12H13BrFN3O/c1-2-5-15-12-16-10(11(18)17-12)8-6-7(13)3-4-9(8)14/h3-4,6,10H,2,5H2,1H3,(H2,15,16,17,18). The first-order chi connectivity index (χ1) is 8.61. The van der Waals surface area contributed by atoms with Crippen molar-refractivity contribution in [3.8, 4) is 0 Å². The van der Waals surface area contributed by atoms with E-state index in [9.17, 15) is 9.18 Å². The average Bonchev–Trinajstić information content (AvgIpc) is 2.71. The van der Waals surface area contributed by atoms with E-state index in [-0.39, 0.29) is 5.91 Å². The lowest BCUT2D eigenvalue weighted by molar-refractivity contribution is -0.120. The summed E-state index contributed by atoms with van der Waals surface area (Å²) in [5, 5.41) is 5.49. The van der Waals surface area contributed by atoms with E-state index in [0.29, 0.717) is 18.1 Å². The number of carbonyl (C=O) groups excluding carboxylic acids is 1. The number of guanidine groups is 1. The zero-order valence-electron chi connectivity index (χ0n) is 9.84. The number of hydrogen-bond donors (Lipinski definition) is 2. The van der Waals surface area contributed by atoms with Gasteiger partial charge in [-0.25, -0.2) is 4.39 Å². The highest BCUT2D eigenvalue weighted by atomic mass is 79.9. The van der Waals surface area contributed by atoms with E-state index < -0.39 is 11.9 Å². The van der Waals surface area contributed by atoms with Gasteiger partial charge in [0.05, 0.1) is 0 Å². The number of rotatable bonds is 3. The second kappa shape index (κ2) is 5.48. The fraction of sp³-hybridized carbons (Fsp3) is 0.333. The van der Waals surface area contributed by atoms with Crippen LogP contribution in [0.3, 0.4) is 0 Å². The molecule has 1 aliphatic rings. The summed E-state index contributed by atoms with van der Waals surface area (Å²) >= 11 is 3.26. The van der Waals surface area contributed by atoms with E-state index in [1.54, 1.807) is 12.1 Å². The SMILES string of the molecule is CCCN=C1NC(=O)C(c2cc(Br)ccc2F)N1. The van der Waals surface area contributed by atoms with Crippen LogP contribution in [0.25, 0.3) is 0 Å². The van der Waals surface area contributed by atoms with E-state index in [4.69, 9.17) is 0 Å². The molecule has 2 rings (SSSR count). The lowest BCUT2D eigenvalue weighted by Gasteiger charge is -2.09. The van der Waals surface area contributed by atoms with Crippen LogP contribution in [-0.2, 0) is 4.79 Å². The zero-order valence-corrected chi connectivity index (χ0v) is 11.4. The lowest BCUT2D eigenvalue weighted by atomic mass is 10.1. The Hall–Kier alpha value is -1.43. The van der Waals surface area contributed by atoms with Gasteiger partial charge < -0.3 is 5.32 Å². The van der Waals surface area contributed by atoms with Gasteiger partial charge in [-0.1, -0.05) is 22.9 Å². The number of aliphatic imine (C=N–C) groups is 1. The fourth-order valence-corrected chi connectivity index (χ4v) is 2.07. The molecule has 0 aromatic heterocycles. The minimum Gasteiger partial charge on any atom is -0.340 e. The van der Waals surface area contributed by atoms with Gasteiger partial charge in [0.25, 0.3) is 5.91 Å². The molecule has 18 heavy (non-hydrogen) atoms. The van der Waals surface area contributed by atoms with Gasteiger partial charge in [-0.15, -0.1) is 0 Å². The quantitative estimate of drug-likeness (QED) is 0.898. The summed E-state index contributed by atoms with van der Waals surface area (Å²) in [6, 6.07) is 3.79. The smallest absolute Gasteiger partial charge is 0.254 e.